The lowest BCUT2D eigenvalue weighted by atomic mass is 9.76. The van der Waals surface area contributed by atoms with Gasteiger partial charge in [-0.25, -0.2) is 0 Å². The van der Waals surface area contributed by atoms with Crippen LogP contribution in [0.25, 0.3) is 16.7 Å². The van der Waals surface area contributed by atoms with Crippen molar-refractivity contribution in [3.63, 3.8) is 0 Å². The normalized spacial score (nSPS) is 20.0. The summed E-state index contributed by atoms with van der Waals surface area (Å²) in [6.07, 6.45) is 10.2. The van der Waals surface area contributed by atoms with E-state index in [0.717, 1.165) is 47.9 Å². The predicted octanol–water partition coefficient (Wildman–Crippen LogP) is 8.76. The Morgan fingerprint density at radius 3 is 1.82 bits per heavy atom. The van der Waals surface area contributed by atoms with Gasteiger partial charge in [0.05, 0.1) is 18.6 Å². The van der Waals surface area contributed by atoms with Gasteiger partial charge in [-0.15, -0.1) is 15.0 Å². The average molecular weight is 618 g/mol. The molecule has 4 rings (SSSR count). The van der Waals surface area contributed by atoms with Gasteiger partial charge in [0, 0.05) is 13.2 Å². The lowest BCUT2D eigenvalue weighted by Crippen LogP contribution is -2.47. The van der Waals surface area contributed by atoms with Crippen LogP contribution in [0, 0.1) is 24.2 Å². The summed E-state index contributed by atoms with van der Waals surface area (Å²) in [7, 11) is 0. The molecule has 0 aliphatic heterocycles. The number of ether oxygens (including phenoxy) is 3. The monoisotopic (exact) mass is 617 g/mol. The van der Waals surface area contributed by atoms with E-state index >= 15 is 0 Å². The van der Waals surface area contributed by atoms with E-state index in [-0.39, 0.29) is 0 Å². The molecule has 0 saturated heterocycles. The van der Waals surface area contributed by atoms with Gasteiger partial charge in [0.25, 0.3) is 0 Å². The third kappa shape index (κ3) is 9.05. The predicted molar refractivity (Wildman–Crippen MR) is 183 cm³/mol. The third-order valence-electron chi connectivity index (χ3n) is 9.18. The van der Waals surface area contributed by atoms with Crippen LogP contribution in [0.15, 0.2) is 65.9 Å². The fourth-order valence-electron chi connectivity index (χ4n) is 6.11. The minimum atomic E-state index is -1.03. The molecule has 3 aromatic rings. The van der Waals surface area contributed by atoms with Gasteiger partial charge in [-0.2, -0.15) is 0 Å². The summed E-state index contributed by atoms with van der Waals surface area (Å²) >= 11 is 0. The summed E-state index contributed by atoms with van der Waals surface area (Å²) in [4.78, 5) is 1.55. The van der Waals surface area contributed by atoms with Crippen molar-refractivity contribution in [3.05, 3.63) is 71.5 Å². The SMILES string of the molecule is CCCCC(CC)COCC1(COCC(CC)CCCC)C=C(C)C(Oc2ccc(C)cc2)=C(n2nc3ccccc3n2)C1O. The number of allylic oxidation sites excluding steroid dienone is 1. The van der Waals surface area contributed by atoms with Crippen molar-refractivity contribution in [1.29, 1.82) is 0 Å². The lowest BCUT2D eigenvalue weighted by molar-refractivity contribution is -0.0615. The van der Waals surface area contributed by atoms with E-state index in [9.17, 15) is 5.11 Å². The molecule has 1 heterocycles. The highest BCUT2D eigenvalue weighted by Crippen LogP contribution is 2.42. The summed E-state index contributed by atoms with van der Waals surface area (Å²) < 4.78 is 19.5. The number of hydrogen-bond donors (Lipinski definition) is 1. The quantitative estimate of drug-likeness (QED) is 0.145. The number of aliphatic hydroxyl groups excluding tert-OH is 1. The maximum Gasteiger partial charge on any atom is 0.156 e. The minimum Gasteiger partial charge on any atom is -0.455 e. The van der Waals surface area contributed by atoms with Gasteiger partial charge in [-0.3, -0.25) is 0 Å². The number of nitrogens with zero attached hydrogens (tertiary/aromatic N) is 3. The number of benzene rings is 2. The molecule has 0 spiro atoms. The summed E-state index contributed by atoms with van der Waals surface area (Å²) in [5.74, 6) is 2.21. The zero-order chi connectivity index (χ0) is 32.2. The largest absolute Gasteiger partial charge is 0.455 e. The third-order valence-corrected chi connectivity index (χ3v) is 9.18. The van der Waals surface area contributed by atoms with Gasteiger partial charge >= 0.3 is 0 Å². The molecule has 0 saturated carbocycles. The molecule has 1 N–H and O–H groups in total. The van der Waals surface area contributed by atoms with Crippen LogP contribution in [0.3, 0.4) is 0 Å². The molecular weight excluding hydrogens is 562 g/mol. The second kappa shape index (κ2) is 17.1. The molecule has 0 bridgehead atoms. The first-order chi connectivity index (χ1) is 21.8. The lowest BCUT2D eigenvalue weighted by Gasteiger charge is -2.40. The van der Waals surface area contributed by atoms with Crippen LogP contribution in [0.2, 0.25) is 0 Å². The van der Waals surface area contributed by atoms with E-state index in [1.165, 1.54) is 25.7 Å². The van der Waals surface area contributed by atoms with Crippen molar-refractivity contribution in [1.82, 2.24) is 15.0 Å². The summed E-state index contributed by atoms with van der Waals surface area (Å²) in [5, 5.41) is 22.1. The van der Waals surface area contributed by atoms with Crippen LogP contribution < -0.4 is 4.74 Å². The molecule has 3 unspecified atom stereocenters. The fourth-order valence-corrected chi connectivity index (χ4v) is 6.11. The maximum atomic E-state index is 12.5. The summed E-state index contributed by atoms with van der Waals surface area (Å²) in [6.45, 7) is 14.9. The fraction of sp³-hybridized carbons (Fsp3) is 0.579. The molecule has 45 heavy (non-hydrogen) atoms. The Bertz CT molecular complexity index is 1340. The Hall–Kier alpha value is -3.00. The zero-order valence-corrected chi connectivity index (χ0v) is 28.4. The van der Waals surface area contributed by atoms with Crippen LogP contribution in [0.1, 0.15) is 91.5 Å². The molecule has 2 aromatic carbocycles. The topological polar surface area (TPSA) is 78.6 Å². The van der Waals surface area contributed by atoms with E-state index in [4.69, 9.17) is 24.4 Å². The smallest absolute Gasteiger partial charge is 0.156 e. The molecule has 1 aromatic heterocycles. The molecule has 3 atom stereocenters. The number of unbranched alkanes of at least 4 members (excludes halogenated alkanes) is 2. The van der Waals surface area contributed by atoms with E-state index < -0.39 is 11.5 Å². The van der Waals surface area contributed by atoms with Crippen molar-refractivity contribution in [2.75, 3.05) is 26.4 Å². The van der Waals surface area contributed by atoms with Crippen molar-refractivity contribution < 1.29 is 19.3 Å². The van der Waals surface area contributed by atoms with Crippen LogP contribution in [-0.4, -0.2) is 52.6 Å². The number of hydrogen-bond acceptors (Lipinski definition) is 6. The molecule has 7 nitrogen and oxygen atoms in total. The first-order valence-corrected chi connectivity index (χ1v) is 17.2. The molecule has 0 amide bonds. The molecular formula is C38H55N3O4. The van der Waals surface area contributed by atoms with Crippen LogP contribution in [-0.2, 0) is 9.47 Å². The second-order valence-corrected chi connectivity index (χ2v) is 12.9. The van der Waals surface area contributed by atoms with Gasteiger partial charge < -0.3 is 19.3 Å². The van der Waals surface area contributed by atoms with Crippen molar-refractivity contribution in [2.45, 2.75) is 99.0 Å². The Kier molecular flexibility index (Phi) is 13.2. The van der Waals surface area contributed by atoms with Crippen LogP contribution >= 0.6 is 0 Å². The number of aliphatic hydroxyl groups is 1. The van der Waals surface area contributed by atoms with Crippen molar-refractivity contribution in [2.24, 2.45) is 17.3 Å². The maximum absolute atomic E-state index is 12.5. The van der Waals surface area contributed by atoms with Gasteiger partial charge in [0.1, 0.15) is 28.6 Å². The van der Waals surface area contributed by atoms with Crippen molar-refractivity contribution in [3.8, 4) is 5.75 Å². The Morgan fingerprint density at radius 1 is 0.800 bits per heavy atom. The Labute approximate surface area is 270 Å². The van der Waals surface area contributed by atoms with E-state index in [2.05, 4.69) is 33.8 Å². The first-order valence-electron chi connectivity index (χ1n) is 17.2. The van der Waals surface area contributed by atoms with Gasteiger partial charge in [-0.05, 0) is 68.4 Å². The number of aryl methyl sites for hydroxylation is 1. The highest BCUT2D eigenvalue weighted by Gasteiger charge is 2.46. The zero-order valence-electron chi connectivity index (χ0n) is 28.4. The highest BCUT2D eigenvalue weighted by atomic mass is 16.5. The molecule has 1 aliphatic rings. The molecule has 1 aliphatic carbocycles. The highest BCUT2D eigenvalue weighted by molar-refractivity contribution is 5.75. The van der Waals surface area contributed by atoms with E-state index in [0.29, 0.717) is 55.5 Å². The van der Waals surface area contributed by atoms with Crippen LogP contribution in [0.4, 0.5) is 0 Å². The standard InChI is InChI=1S/C38H55N3O4/c1-7-11-15-30(9-3)24-43-26-38(27-44-25-31(10-4)16-12-8-2)23-29(6)36(45-32-21-19-28(5)20-22-32)35(37(38)42)41-39-33-17-13-14-18-34(33)40-41/h13-14,17-23,30-31,37,42H,7-12,15-16,24-27H2,1-6H3. The first kappa shape index (κ1) is 34.9. The molecule has 0 fully saturated rings. The summed E-state index contributed by atoms with van der Waals surface area (Å²) in [5.41, 5.74) is 3.19. The van der Waals surface area contributed by atoms with Gasteiger partial charge in [0.15, 0.2) is 5.76 Å². The minimum absolute atomic E-state index is 0.321. The van der Waals surface area contributed by atoms with Crippen molar-refractivity contribution >= 4 is 16.7 Å². The molecule has 0 radical (unpaired) electrons. The molecule has 7 heteroatoms. The van der Waals surface area contributed by atoms with Gasteiger partial charge in [-0.1, -0.05) is 102 Å². The number of rotatable bonds is 19. The Balaban J connectivity index is 1.72. The number of aromatic nitrogens is 3. The molecule has 246 valence electrons. The second-order valence-electron chi connectivity index (χ2n) is 12.9. The van der Waals surface area contributed by atoms with E-state index in [1.54, 1.807) is 4.80 Å². The van der Waals surface area contributed by atoms with Gasteiger partial charge in [0.2, 0.25) is 0 Å². The average Bonchev–Trinajstić information content (AvgIpc) is 3.48. The van der Waals surface area contributed by atoms with Crippen LogP contribution in [0.5, 0.6) is 5.75 Å². The van der Waals surface area contributed by atoms with E-state index in [1.807, 2.05) is 62.4 Å². The number of fused-ring (bicyclic) bond motifs is 1. The summed E-state index contributed by atoms with van der Waals surface area (Å²) in [6, 6.07) is 15.7. The Morgan fingerprint density at radius 2 is 1.33 bits per heavy atom.